The highest BCUT2D eigenvalue weighted by Crippen LogP contribution is 2.30. The lowest BCUT2D eigenvalue weighted by molar-refractivity contribution is 0.0211. The van der Waals surface area contributed by atoms with E-state index in [2.05, 4.69) is 15.5 Å². The van der Waals surface area contributed by atoms with E-state index < -0.39 is 0 Å². The van der Waals surface area contributed by atoms with Crippen molar-refractivity contribution in [3.05, 3.63) is 11.7 Å². The first-order chi connectivity index (χ1) is 12.8. The van der Waals surface area contributed by atoms with E-state index in [1.807, 2.05) is 6.92 Å². The molecule has 8 heteroatoms. The van der Waals surface area contributed by atoms with Crippen LogP contribution in [0.4, 0.5) is 4.79 Å². The fraction of sp³-hybridized carbons (Fsp3) is 0.833. The topological polar surface area (TPSA) is 89.7 Å². The van der Waals surface area contributed by atoms with Crippen LogP contribution in [0.5, 0.6) is 0 Å². The molecular weight excluding hydrogens is 336 g/mol. The van der Waals surface area contributed by atoms with Gasteiger partial charge in [0.05, 0.1) is 6.61 Å². The number of ether oxygens (including phenoxy) is 2. The van der Waals surface area contributed by atoms with Gasteiger partial charge in [0.15, 0.2) is 5.82 Å². The Morgan fingerprint density at radius 3 is 3.00 bits per heavy atom. The highest BCUT2D eigenvalue weighted by atomic mass is 16.5. The first-order valence-corrected chi connectivity index (χ1v) is 9.80. The molecule has 1 atom stereocenters. The lowest BCUT2D eigenvalue weighted by atomic mass is 10.0. The van der Waals surface area contributed by atoms with Crippen LogP contribution in [0.15, 0.2) is 4.52 Å². The van der Waals surface area contributed by atoms with Crippen LogP contribution in [0.1, 0.15) is 56.8 Å². The lowest BCUT2D eigenvalue weighted by Gasteiger charge is -2.22. The van der Waals surface area contributed by atoms with Crippen molar-refractivity contribution in [2.45, 2.75) is 51.5 Å². The van der Waals surface area contributed by atoms with Gasteiger partial charge >= 0.3 is 6.03 Å². The first-order valence-electron chi connectivity index (χ1n) is 9.80. The van der Waals surface area contributed by atoms with Gasteiger partial charge in [-0.15, -0.1) is 0 Å². The molecule has 1 unspecified atom stereocenters. The van der Waals surface area contributed by atoms with E-state index in [-0.39, 0.29) is 12.1 Å². The summed E-state index contributed by atoms with van der Waals surface area (Å²) in [5.74, 6) is 1.78. The fourth-order valence-corrected chi connectivity index (χ4v) is 3.43. The van der Waals surface area contributed by atoms with Gasteiger partial charge in [0.2, 0.25) is 5.89 Å². The standard InChI is InChI=1S/C18H30N4O4/c1-2-8-19-18(23)22-9-3-4-15(22)17-20-16(21-26-17)7-12-25-13-14-5-10-24-11-6-14/h14-15H,2-13H2,1H3,(H,19,23). The molecule has 0 radical (unpaired) electrons. The van der Waals surface area contributed by atoms with Gasteiger partial charge in [0, 0.05) is 39.3 Å². The van der Waals surface area contributed by atoms with Crippen LogP contribution >= 0.6 is 0 Å². The van der Waals surface area contributed by atoms with E-state index in [4.69, 9.17) is 14.0 Å². The van der Waals surface area contributed by atoms with E-state index in [0.717, 1.165) is 58.5 Å². The SMILES string of the molecule is CCCNC(=O)N1CCCC1c1nc(CCOCC2CCOCC2)no1. The number of aromatic nitrogens is 2. The van der Waals surface area contributed by atoms with Gasteiger partial charge in [-0.2, -0.15) is 4.98 Å². The molecule has 0 bridgehead atoms. The quantitative estimate of drug-likeness (QED) is 0.710. The van der Waals surface area contributed by atoms with Gasteiger partial charge in [0.1, 0.15) is 6.04 Å². The van der Waals surface area contributed by atoms with Crippen LogP contribution in [-0.2, 0) is 15.9 Å². The maximum atomic E-state index is 12.3. The third-order valence-electron chi connectivity index (χ3n) is 4.97. The number of nitrogens with one attached hydrogen (secondary N) is 1. The van der Waals surface area contributed by atoms with Crippen LogP contribution in [0.25, 0.3) is 0 Å². The maximum absolute atomic E-state index is 12.3. The van der Waals surface area contributed by atoms with Gasteiger partial charge in [-0.05, 0) is 38.0 Å². The summed E-state index contributed by atoms with van der Waals surface area (Å²) in [5, 5.41) is 6.98. The Balaban J connectivity index is 1.43. The summed E-state index contributed by atoms with van der Waals surface area (Å²) in [6, 6.07) is -0.162. The number of nitrogens with zero attached hydrogens (tertiary/aromatic N) is 3. The fourth-order valence-electron chi connectivity index (χ4n) is 3.43. The van der Waals surface area contributed by atoms with E-state index in [9.17, 15) is 4.79 Å². The predicted octanol–water partition coefficient (Wildman–Crippen LogP) is 2.31. The Morgan fingerprint density at radius 1 is 1.35 bits per heavy atom. The molecule has 0 aliphatic carbocycles. The Labute approximate surface area is 154 Å². The van der Waals surface area contributed by atoms with E-state index in [1.54, 1.807) is 4.90 Å². The average Bonchev–Trinajstić information content (AvgIpc) is 3.33. The lowest BCUT2D eigenvalue weighted by Crippen LogP contribution is -2.39. The smallest absolute Gasteiger partial charge is 0.318 e. The molecule has 1 aromatic heterocycles. The largest absolute Gasteiger partial charge is 0.381 e. The number of hydrogen-bond donors (Lipinski definition) is 1. The van der Waals surface area contributed by atoms with Crippen molar-refractivity contribution >= 4 is 6.03 Å². The predicted molar refractivity (Wildman–Crippen MR) is 94.7 cm³/mol. The molecular formula is C18H30N4O4. The summed E-state index contributed by atoms with van der Waals surface area (Å²) in [6.07, 6.45) is 5.51. The summed E-state index contributed by atoms with van der Waals surface area (Å²) in [5.41, 5.74) is 0. The monoisotopic (exact) mass is 366 g/mol. The van der Waals surface area contributed by atoms with Crippen LogP contribution in [0.2, 0.25) is 0 Å². The van der Waals surface area contributed by atoms with Crippen LogP contribution in [0, 0.1) is 5.92 Å². The molecule has 0 saturated carbocycles. The van der Waals surface area contributed by atoms with Gasteiger partial charge in [0.25, 0.3) is 0 Å². The second-order valence-electron chi connectivity index (χ2n) is 7.01. The maximum Gasteiger partial charge on any atom is 0.318 e. The summed E-state index contributed by atoms with van der Waals surface area (Å²) < 4.78 is 16.5. The highest BCUT2D eigenvalue weighted by Gasteiger charge is 2.33. The van der Waals surface area contributed by atoms with E-state index >= 15 is 0 Å². The molecule has 2 aliphatic rings. The molecule has 2 fully saturated rings. The van der Waals surface area contributed by atoms with Crippen molar-refractivity contribution in [1.29, 1.82) is 0 Å². The summed E-state index contributed by atoms with van der Waals surface area (Å²) >= 11 is 0. The van der Waals surface area contributed by atoms with Gasteiger partial charge in [-0.3, -0.25) is 0 Å². The highest BCUT2D eigenvalue weighted by molar-refractivity contribution is 5.74. The molecule has 1 N–H and O–H groups in total. The van der Waals surface area contributed by atoms with Gasteiger partial charge < -0.3 is 24.2 Å². The van der Waals surface area contributed by atoms with Crippen molar-refractivity contribution in [3.63, 3.8) is 0 Å². The minimum absolute atomic E-state index is 0.0473. The first kappa shape index (κ1) is 19.1. The number of hydrogen-bond acceptors (Lipinski definition) is 6. The van der Waals surface area contributed by atoms with Crippen molar-refractivity contribution in [2.24, 2.45) is 5.92 Å². The molecule has 0 spiro atoms. The molecule has 3 rings (SSSR count). The average molecular weight is 366 g/mol. The van der Waals surface area contributed by atoms with Crippen LogP contribution < -0.4 is 5.32 Å². The molecule has 2 aliphatic heterocycles. The normalized spacial score (nSPS) is 21.3. The third kappa shape index (κ3) is 5.17. The second kappa shape index (κ2) is 9.87. The summed E-state index contributed by atoms with van der Waals surface area (Å²) in [7, 11) is 0. The molecule has 0 aromatic carbocycles. The number of carbonyl (C=O) groups is 1. The Kier molecular flexibility index (Phi) is 7.25. The van der Waals surface area contributed by atoms with Crippen LogP contribution in [0.3, 0.4) is 0 Å². The second-order valence-corrected chi connectivity index (χ2v) is 7.01. The van der Waals surface area contributed by atoms with Crippen molar-refractivity contribution in [3.8, 4) is 0 Å². The molecule has 2 saturated heterocycles. The number of amides is 2. The molecule has 2 amide bonds. The van der Waals surface area contributed by atoms with E-state index in [1.165, 1.54) is 0 Å². The zero-order valence-corrected chi connectivity index (χ0v) is 15.6. The van der Waals surface area contributed by atoms with Crippen molar-refractivity contribution in [2.75, 3.05) is 39.5 Å². The van der Waals surface area contributed by atoms with Crippen molar-refractivity contribution < 1.29 is 18.8 Å². The van der Waals surface area contributed by atoms with Gasteiger partial charge in [-0.1, -0.05) is 12.1 Å². The Bertz CT molecular complexity index is 559. The molecule has 8 nitrogen and oxygen atoms in total. The summed E-state index contributed by atoms with van der Waals surface area (Å²) in [6.45, 7) is 6.48. The number of rotatable bonds is 8. The summed E-state index contributed by atoms with van der Waals surface area (Å²) in [4.78, 5) is 18.5. The van der Waals surface area contributed by atoms with Crippen molar-refractivity contribution in [1.82, 2.24) is 20.4 Å². The minimum Gasteiger partial charge on any atom is -0.381 e. The molecule has 1 aromatic rings. The minimum atomic E-state index is -0.115. The molecule has 26 heavy (non-hydrogen) atoms. The number of likely N-dealkylation sites (tertiary alicyclic amines) is 1. The van der Waals surface area contributed by atoms with Gasteiger partial charge in [-0.25, -0.2) is 4.79 Å². The number of urea groups is 1. The molecule has 146 valence electrons. The third-order valence-corrected chi connectivity index (χ3v) is 4.97. The number of carbonyl (C=O) groups excluding carboxylic acids is 1. The Hall–Kier alpha value is -1.67. The van der Waals surface area contributed by atoms with Crippen LogP contribution in [-0.4, -0.2) is 60.6 Å². The Morgan fingerprint density at radius 2 is 2.19 bits per heavy atom. The van der Waals surface area contributed by atoms with E-state index in [0.29, 0.717) is 37.2 Å². The zero-order valence-electron chi connectivity index (χ0n) is 15.6. The zero-order chi connectivity index (χ0) is 18.2. The molecule has 3 heterocycles.